The van der Waals surface area contributed by atoms with Crippen molar-refractivity contribution in [1.82, 2.24) is 10.2 Å². The molecule has 0 saturated heterocycles. The van der Waals surface area contributed by atoms with Crippen LogP contribution in [-0.4, -0.2) is 24.6 Å². The zero-order chi connectivity index (χ0) is 21.0. The summed E-state index contributed by atoms with van der Waals surface area (Å²) < 4.78 is 38.5. The largest absolute Gasteiger partial charge is 0.452 e. The Bertz CT molecular complexity index is 1140. The van der Waals surface area contributed by atoms with E-state index in [1.54, 1.807) is 31.2 Å². The molecule has 0 unspecified atom stereocenters. The number of nitrogens with zero attached hydrogens (tertiary/aromatic N) is 2. The van der Waals surface area contributed by atoms with Gasteiger partial charge < -0.3 is 9.15 Å². The summed E-state index contributed by atoms with van der Waals surface area (Å²) in [7, 11) is -3.87. The van der Waals surface area contributed by atoms with Crippen molar-refractivity contribution in [3.63, 3.8) is 0 Å². The maximum atomic E-state index is 12.7. The van der Waals surface area contributed by atoms with Crippen LogP contribution >= 0.6 is 0 Å². The van der Waals surface area contributed by atoms with Gasteiger partial charge >= 0.3 is 5.97 Å². The lowest BCUT2D eigenvalue weighted by Gasteiger charge is -2.11. The van der Waals surface area contributed by atoms with Crippen LogP contribution in [0.1, 0.15) is 40.2 Å². The number of esters is 1. The second-order valence-electron chi connectivity index (χ2n) is 6.47. The second-order valence-corrected chi connectivity index (χ2v) is 8.15. The monoisotopic (exact) mass is 415 g/mol. The number of carbonyl (C=O) groups is 1. The van der Waals surface area contributed by atoms with Crippen LogP contribution in [0.15, 0.2) is 51.8 Å². The highest BCUT2D eigenvalue weighted by Crippen LogP contribution is 2.21. The average Bonchev–Trinajstić information content (AvgIpc) is 3.14. The highest BCUT2D eigenvalue weighted by molar-refractivity contribution is 7.92. The molecule has 0 atom stereocenters. The van der Waals surface area contributed by atoms with Gasteiger partial charge in [0.25, 0.3) is 15.9 Å². The lowest BCUT2D eigenvalue weighted by atomic mass is 10.1. The number of hydrogen-bond acceptors (Lipinski definition) is 7. The van der Waals surface area contributed by atoms with Gasteiger partial charge in [-0.05, 0) is 49.2 Å². The molecular formula is C20H21N3O5S. The van der Waals surface area contributed by atoms with Gasteiger partial charge in [-0.1, -0.05) is 25.1 Å². The predicted octanol–water partition coefficient (Wildman–Crippen LogP) is 3.41. The Morgan fingerprint density at radius 2 is 1.86 bits per heavy atom. The zero-order valence-corrected chi connectivity index (χ0v) is 17.1. The lowest BCUT2D eigenvalue weighted by molar-refractivity contribution is 0.0435. The van der Waals surface area contributed by atoms with E-state index in [1.807, 2.05) is 19.9 Å². The number of sulfonamides is 1. The minimum atomic E-state index is -3.87. The van der Waals surface area contributed by atoms with Gasteiger partial charge in [0.15, 0.2) is 6.61 Å². The molecule has 0 amide bonds. The SMILES string of the molecule is CCc1nnc(COC(=O)c2cc(S(=O)(=O)Nc3cccc(C)c3)ccc2C)o1. The summed E-state index contributed by atoms with van der Waals surface area (Å²) in [6, 6.07) is 11.3. The van der Waals surface area contributed by atoms with Crippen molar-refractivity contribution < 1.29 is 22.4 Å². The fourth-order valence-electron chi connectivity index (χ4n) is 2.61. The Morgan fingerprint density at radius 3 is 2.55 bits per heavy atom. The van der Waals surface area contributed by atoms with E-state index in [0.717, 1.165) is 5.56 Å². The summed E-state index contributed by atoms with van der Waals surface area (Å²) in [6.45, 7) is 5.24. The Morgan fingerprint density at radius 1 is 1.10 bits per heavy atom. The van der Waals surface area contributed by atoms with Crippen molar-refractivity contribution >= 4 is 21.7 Å². The smallest absolute Gasteiger partial charge is 0.338 e. The molecule has 8 nitrogen and oxygen atoms in total. The molecule has 1 aromatic heterocycles. The van der Waals surface area contributed by atoms with Crippen molar-refractivity contribution in [2.24, 2.45) is 0 Å². The van der Waals surface area contributed by atoms with Crippen LogP contribution in [0.25, 0.3) is 0 Å². The van der Waals surface area contributed by atoms with Crippen molar-refractivity contribution in [3.05, 3.63) is 70.9 Å². The van der Waals surface area contributed by atoms with Gasteiger partial charge in [-0.3, -0.25) is 4.72 Å². The molecule has 2 aromatic carbocycles. The first-order chi connectivity index (χ1) is 13.8. The number of carbonyl (C=O) groups excluding carboxylic acids is 1. The standard InChI is InChI=1S/C20H21N3O5S/c1-4-18-21-22-19(28-18)12-27-20(24)17-11-16(9-8-14(17)3)29(25,26)23-15-7-5-6-13(2)10-15/h5-11,23H,4,12H2,1-3H3. The molecule has 3 aromatic rings. The maximum Gasteiger partial charge on any atom is 0.338 e. The van der Waals surface area contributed by atoms with Gasteiger partial charge in [-0.15, -0.1) is 10.2 Å². The zero-order valence-electron chi connectivity index (χ0n) is 16.3. The highest BCUT2D eigenvalue weighted by Gasteiger charge is 2.20. The van der Waals surface area contributed by atoms with E-state index in [-0.39, 0.29) is 23.0 Å². The molecule has 0 radical (unpaired) electrons. The Balaban J connectivity index is 1.78. The number of rotatable bonds is 7. The van der Waals surface area contributed by atoms with Gasteiger partial charge in [0.1, 0.15) is 0 Å². The number of aryl methyl sites for hydroxylation is 3. The fraction of sp³-hybridized carbons (Fsp3) is 0.250. The molecule has 1 heterocycles. The first-order valence-electron chi connectivity index (χ1n) is 8.97. The molecule has 152 valence electrons. The topological polar surface area (TPSA) is 111 Å². The Kier molecular flexibility index (Phi) is 5.97. The fourth-order valence-corrected chi connectivity index (χ4v) is 3.68. The number of hydrogen-bond donors (Lipinski definition) is 1. The van der Waals surface area contributed by atoms with E-state index in [4.69, 9.17) is 9.15 Å². The van der Waals surface area contributed by atoms with Gasteiger partial charge in [0.05, 0.1) is 10.5 Å². The van der Waals surface area contributed by atoms with Gasteiger partial charge in [0, 0.05) is 12.1 Å². The molecule has 3 rings (SSSR count). The van der Waals surface area contributed by atoms with E-state index in [2.05, 4.69) is 14.9 Å². The second kappa shape index (κ2) is 8.44. The quantitative estimate of drug-likeness (QED) is 0.589. The van der Waals surface area contributed by atoms with Gasteiger partial charge in [-0.25, -0.2) is 13.2 Å². The summed E-state index contributed by atoms with van der Waals surface area (Å²) in [5.41, 5.74) is 2.10. The third-order valence-corrected chi connectivity index (χ3v) is 5.53. The van der Waals surface area contributed by atoms with Crippen LogP contribution in [0.4, 0.5) is 5.69 Å². The molecule has 1 N–H and O–H groups in total. The maximum absolute atomic E-state index is 12.7. The molecule has 0 aliphatic heterocycles. The van der Waals surface area contributed by atoms with Crippen molar-refractivity contribution in [2.75, 3.05) is 4.72 Å². The third kappa shape index (κ3) is 5.00. The van der Waals surface area contributed by atoms with E-state index in [1.165, 1.54) is 12.1 Å². The first kappa shape index (κ1) is 20.5. The summed E-state index contributed by atoms with van der Waals surface area (Å²) in [5, 5.41) is 7.59. The minimum absolute atomic E-state index is 0.0392. The van der Waals surface area contributed by atoms with Crippen LogP contribution in [0, 0.1) is 13.8 Å². The summed E-state index contributed by atoms with van der Waals surface area (Å²) in [5.74, 6) is -0.0494. The van der Waals surface area contributed by atoms with E-state index < -0.39 is 16.0 Å². The number of anilines is 1. The van der Waals surface area contributed by atoms with E-state index in [0.29, 0.717) is 23.6 Å². The molecule has 0 fully saturated rings. The first-order valence-corrected chi connectivity index (χ1v) is 10.5. The van der Waals surface area contributed by atoms with Crippen LogP contribution in [0.5, 0.6) is 0 Å². The Hall–Kier alpha value is -3.20. The average molecular weight is 415 g/mol. The molecule has 0 bridgehead atoms. The molecule has 29 heavy (non-hydrogen) atoms. The minimum Gasteiger partial charge on any atom is -0.452 e. The van der Waals surface area contributed by atoms with Crippen LogP contribution in [0.3, 0.4) is 0 Å². The molecule has 0 aliphatic rings. The van der Waals surface area contributed by atoms with Gasteiger partial charge in [0.2, 0.25) is 5.89 Å². The predicted molar refractivity (Wildman–Crippen MR) is 106 cm³/mol. The number of benzene rings is 2. The van der Waals surface area contributed by atoms with E-state index in [9.17, 15) is 13.2 Å². The van der Waals surface area contributed by atoms with Crippen LogP contribution in [0.2, 0.25) is 0 Å². The van der Waals surface area contributed by atoms with Gasteiger partial charge in [-0.2, -0.15) is 0 Å². The molecule has 0 saturated carbocycles. The normalized spacial score (nSPS) is 11.3. The summed E-state index contributed by atoms with van der Waals surface area (Å²) in [6.07, 6.45) is 0.577. The molecule has 0 spiro atoms. The van der Waals surface area contributed by atoms with Crippen LogP contribution < -0.4 is 4.72 Å². The third-order valence-electron chi connectivity index (χ3n) is 4.15. The highest BCUT2D eigenvalue weighted by atomic mass is 32.2. The summed E-state index contributed by atoms with van der Waals surface area (Å²) in [4.78, 5) is 12.4. The molecule has 9 heteroatoms. The lowest BCUT2D eigenvalue weighted by Crippen LogP contribution is -2.15. The van der Waals surface area contributed by atoms with Crippen LogP contribution in [-0.2, 0) is 27.8 Å². The number of nitrogens with one attached hydrogen (secondary N) is 1. The van der Waals surface area contributed by atoms with Crippen molar-refractivity contribution in [3.8, 4) is 0 Å². The van der Waals surface area contributed by atoms with E-state index >= 15 is 0 Å². The molecular weight excluding hydrogens is 394 g/mol. The summed E-state index contributed by atoms with van der Waals surface area (Å²) >= 11 is 0. The number of aromatic nitrogens is 2. The van der Waals surface area contributed by atoms with Crippen molar-refractivity contribution in [2.45, 2.75) is 38.7 Å². The van der Waals surface area contributed by atoms with Crippen molar-refractivity contribution in [1.29, 1.82) is 0 Å². The molecule has 0 aliphatic carbocycles. The number of ether oxygens (including phenoxy) is 1. The Labute approximate surface area is 169 Å².